The van der Waals surface area contributed by atoms with Crippen LogP contribution in [0.3, 0.4) is 0 Å². The fraction of sp³-hybridized carbons (Fsp3) is 0.154. The molecule has 5 heteroatoms. The van der Waals surface area contributed by atoms with Gasteiger partial charge in [0.25, 0.3) is 0 Å². The summed E-state index contributed by atoms with van der Waals surface area (Å²) in [6.07, 6.45) is 0.627. The van der Waals surface area contributed by atoms with E-state index in [9.17, 15) is 4.79 Å². The maximum atomic E-state index is 10.7. The number of hydrogen-bond donors (Lipinski definition) is 0. The van der Waals surface area contributed by atoms with Gasteiger partial charge in [-0.05, 0) is 31.2 Å². The van der Waals surface area contributed by atoms with E-state index in [1.165, 1.54) is 0 Å². The fourth-order valence-electron chi connectivity index (χ4n) is 1.62. The van der Waals surface area contributed by atoms with Crippen LogP contribution in [0.5, 0.6) is 5.75 Å². The molecule has 0 saturated carbocycles. The van der Waals surface area contributed by atoms with Gasteiger partial charge in [-0.15, -0.1) is 0 Å². The summed E-state index contributed by atoms with van der Waals surface area (Å²) in [5, 5.41) is 0.499. The molecule has 0 aliphatic rings. The van der Waals surface area contributed by atoms with E-state index in [1.807, 2.05) is 13.0 Å². The molecule has 92 valence electrons. The quantitative estimate of drug-likeness (QED) is 0.798. The average molecular weight is 263 g/mol. The highest BCUT2D eigenvalue weighted by Crippen LogP contribution is 2.29. The van der Waals surface area contributed by atoms with Gasteiger partial charge in [0.05, 0.1) is 17.8 Å². The number of methoxy groups -OCH3 is 1. The lowest BCUT2D eigenvalue weighted by molar-refractivity contribution is 0.111. The predicted octanol–water partition coefficient (Wildman–Crippen LogP) is 2.93. The summed E-state index contributed by atoms with van der Waals surface area (Å²) in [7, 11) is 1.56. The van der Waals surface area contributed by atoms with Crippen molar-refractivity contribution in [1.29, 1.82) is 0 Å². The average Bonchev–Trinajstić information content (AvgIpc) is 2.37. The molecule has 1 aromatic heterocycles. The van der Waals surface area contributed by atoms with E-state index in [2.05, 4.69) is 9.97 Å². The molecule has 2 aromatic rings. The summed E-state index contributed by atoms with van der Waals surface area (Å²) in [6, 6.07) is 7.14. The molecule has 1 aromatic carbocycles. The van der Waals surface area contributed by atoms with Crippen LogP contribution in [0.25, 0.3) is 11.3 Å². The minimum Gasteiger partial charge on any atom is -0.495 e. The Morgan fingerprint density at radius 2 is 2.06 bits per heavy atom. The normalized spacial score (nSPS) is 10.2. The van der Waals surface area contributed by atoms with E-state index in [1.54, 1.807) is 25.3 Å². The van der Waals surface area contributed by atoms with Crippen molar-refractivity contribution in [3.8, 4) is 17.0 Å². The molecular formula is C13H11ClN2O2. The van der Waals surface area contributed by atoms with Gasteiger partial charge in [-0.2, -0.15) is 0 Å². The molecule has 0 aliphatic carbocycles. The van der Waals surface area contributed by atoms with Crippen LogP contribution in [0.1, 0.15) is 16.3 Å². The van der Waals surface area contributed by atoms with E-state index in [-0.39, 0.29) is 5.82 Å². The number of benzene rings is 1. The zero-order valence-electron chi connectivity index (χ0n) is 9.98. The molecule has 18 heavy (non-hydrogen) atoms. The molecule has 0 radical (unpaired) electrons. The zero-order valence-corrected chi connectivity index (χ0v) is 10.7. The lowest BCUT2D eigenvalue weighted by atomic mass is 10.1. The first-order valence-corrected chi connectivity index (χ1v) is 5.66. The predicted molar refractivity (Wildman–Crippen MR) is 69.2 cm³/mol. The molecule has 4 nitrogen and oxygen atoms in total. The van der Waals surface area contributed by atoms with E-state index >= 15 is 0 Å². The number of hydrogen-bond acceptors (Lipinski definition) is 4. The molecule has 0 unspecified atom stereocenters. The highest BCUT2D eigenvalue weighted by atomic mass is 35.5. The highest BCUT2D eigenvalue weighted by Gasteiger charge is 2.07. The first-order valence-electron chi connectivity index (χ1n) is 5.29. The Kier molecular flexibility index (Phi) is 3.58. The largest absolute Gasteiger partial charge is 0.495 e. The number of halogens is 1. The standard InChI is InChI=1S/C13H11ClN2O2/c1-8-5-11(16-13(7-17)15-8)9-3-4-12(18-2)10(14)6-9/h3-7H,1-2H3. The summed E-state index contributed by atoms with van der Waals surface area (Å²) in [5.41, 5.74) is 2.21. The summed E-state index contributed by atoms with van der Waals surface area (Å²) < 4.78 is 5.08. The molecule has 0 fully saturated rings. The number of nitrogens with zero attached hydrogens (tertiary/aromatic N) is 2. The summed E-state index contributed by atoms with van der Waals surface area (Å²) >= 11 is 6.05. The van der Waals surface area contributed by atoms with Crippen LogP contribution in [0.4, 0.5) is 0 Å². The Balaban J connectivity index is 2.51. The number of carbonyl (C=O) groups is 1. The molecule has 0 aliphatic heterocycles. The highest BCUT2D eigenvalue weighted by molar-refractivity contribution is 6.32. The summed E-state index contributed by atoms with van der Waals surface area (Å²) in [6.45, 7) is 1.81. The van der Waals surface area contributed by atoms with Gasteiger partial charge in [-0.1, -0.05) is 11.6 Å². The second kappa shape index (κ2) is 5.14. The fourth-order valence-corrected chi connectivity index (χ4v) is 1.88. The Bertz CT molecular complexity index is 600. The second-order valence-electron chi connectivity index (χ2n) is 3.72. The van der Waals surface area contributed by atoms with E-state index in [0.29, 0.717) is 22.8 Å². The third kappa shape index (κ3) is 2.49. The molecule has 0 spiro atoms. The monoisotopic (exact) mass is 262 g/mol. The maximum absolute atomic E-state index is 10.7. The first-order chi connectivity index (χ1) is 8.63. The second-order valence-corrected chi connectivity index (χ2v) is 4.13. The summed E-state index contributed by atoms with van der Waals surface area (Å²) in [5.74, 6) is 0.763. The molecule has 0 N–H and O–H groups in total. The van der Waals surface area contributed by atoms with Crippen molar-refractivity contribution >= 4 is 17.9 Å². The van der Waals surface area contributed by atoms with Crippen LogP contribution in [0.15, 0.2) is 24.3 Å². The molecule has 0 atom stereocenters. The van der Waals surface area contributed by atoms with Crippen molar-refractivity contribution in [2.75, 3.05) is 7.11 Å². The molecule has 1 heterocycles. The third-order valence-electron chi connectivity index (χ3n) is 2.42. The van der Waals surface area contributed by atoms with Crippen LogP contribution in [0.2, 0.25) is 5.02 Å². The Hall–Kier alpha value is -1.94. The van der Waals surface area contributed by atoms with E-state index in [4.69, 9.17) is 16.3 Å². The number of aryl methyl sites for hydroxylation is 1. The number of carbonyl (C=O) groups excluding carboxylic acids is 1. The third-order valence-corrected chi connectivity index (χ3v) is 2.72. The van der Waals surface area contributed by atoms with Crippen molar-refractivity contribution in [2.45, 2.75) is 6.92 Å². The van der Waals surface area contributed by atoms with Crippen LogP contribution in [0, 0.1) is 6.92 Å². The molecule has 2 rings (SSSR count). The minimum atomic E-state index is 0.164. The van der Waals surface area contributed by atoms with Crippen LogP contribution in [-0.4, -0.2) is 23.4 Å². The maximum Gasteiger partial charge on any atom is 0.193 e. The van der Waals surface area contributed by atoms with Gasteiger partial charge in [-0.25, -0.2) is 9.97 Å². The van der Waals surface area contributed by atoms with Gasteiger partial charge < -0.3 is 4.74 Å². The van der Waals surface area contributed by atoms with Gasteiger partial charge in [0.15, 0.2) is 12.1 Å². The van der Waals surface area contributed by atoms with Gasteiger partial charge in [0.1, 0.15) is 5.75 Å². The molecule has 0 amide bonds. The van der Waals surface area contributed by atoms with Gasteiger partial charge in [-0.3, -0.25) is 4.79 Å². The van der Waals surface area contributed by atoms with Gasteiger partial charge in [0.2, 0.25) is 0 Å². The van der Waals surface area contributed by atoms with Crippen molar-refractivity contribution in [1.82, 2.24) is 9.97 Å². The van der Waals surface area contributed by atoms with E-state index in [0.717, 1.165) is 11.3 Å². The van der Waals surface area contributed by atoms with Crippen LogP contribution >= 0.6 is 11.6 Å². The topological polar surface area (TPSA) is 52.1 Å². The molecule has 0 saturated heterocycles. The Morgan fingerprint density at radius 1 is 1.28 bits per heavy atom. The lowest BCUT2D eigenvalue weighted by Crippen LogP contribution is -1.97. The van der Waals surface area contributed by atoms with Gasteiger partial charge >= 0.3 is 0 Å². The Labute approximate surface area is 110 Å². The Morgan fingerprint density at radius 3 is 2.67 bits per heavy atom. The molecular weight excluding hydrogens is 252 g/mol. The smallest absolute Gasteiger partial charge is 0.193 e. The number of aromatic nitrogens is 2. The SMILES string of the molecule is COc1ccc(-c2cc(C)nc(C=O)n2)cc1Cl. The van der Waals surface area contributed by atoms with E-state index < -0.39 is 0 Å². The van der Waals surface area contributed by atoms with Crippen molar-refractivity contribution < 1.29 is 9.53 Å². The molecule has 0 bridgehead atoms. The summed E-state index contributed by atoms with van der Waals surface area (Å²) in [4.78, 5) is 18.9. The van der Waals surface area contributed by atoms with Crippen molar-refractivity contribution in [3.63, 3.8) is 0 Å². The number of rotatable bonds is 3. The number of ether oxygens (including phenoxy) is 1. The first kappa shape index (κ1) is 12.5. The lowest BCUT2D eigenvalue weighted by Gasteiger charge is -2.06. The zero-order chi connectivity index (χ0) is 13.1. The van der Waals surface area contributed by atoms with Crippen LogP contribution < -0.4 is 4.74 Å². The number of aldehydes is 1. The van der Waals surface area contributed by atoms with Crippen LogP contribution in [-0.2, 0) is 0 Å². The van der Waals surface area contributed by atoms with Crippen molar-refractivity contribution in [3.05, 3.63) is 40.8 Å². The minimum absolute atomic E-state index is 0.164. The van der Waals surface area contributed by atoms with Gasteiger partial charge in [0, 0.05) is 11.3 Å². The van der Waals surface area contributed by atoms with Crippen molar-refractivity contribution in [2.24, 2.45) is 0 Å².